The predicted molar refractivity (Wildman–Crippen MR) is 92.9 cm³/mol. The van der Waals surface area contributed by atoms with Gasteiger partial charge in [-0.3, -0.25) is 0 Å². The van der Waals surface area contributed by atoms with Crippen molar-refractivity contribution in [3.05, 3.63) is 91.1 Å². The molecule has 0 N–H and O–H groups in total. The molecule has 0 bridgehead atoms. The van der Waals surface area contributed by atoms with E-state index >= 15 is 0 Å². The normalized spacial score (nSPS) is 10.5. The van der Waals surface area contributed by atoms with Crippen LogP contribution in [0.25, 0.3) is 0 Å². The molecule has 0 amide bonds. The van der Waals surface area contributed by atoms with Crippen LogP contribution in [0.3, 0.4) is 0 Å². The van der Waals surface area contributed by atoms with Gasteiger partial charge in [0.05, 0.1) is 19.6 Å². The first-order valence-corrected chi connectivity index (χ1v) is 7.70. The molecule has 0 spiro atoms. The fourth-order valence-corrected chi connectivity index (χ4v) is 2.60. The molecule has 23 heavy (non-hydrogen) atoms. The monoisotopic (exact) mass is 377 g/mol. The summed E-state index contributed by atoms with van der Waals surface area (Å²) in [6.07, 6.45) is 2.88. The molecule has 0 unspecified atom stereocenters. The molecular weight excluding hydrogens is 362 g/mol. The third-order valence-corrected chi connectivity index (χ3v) is 4.07. The minimum absolute atomic E-state index is 0.0328. The molecule has 2 rings (SSSR count). The van der Waals surface area contributed by atoms with Gasteiger partial charge in [-0.05, 0) is 11.6 Å². The summed E-state index contributed by atoms with van der Waals surface area (Å²) in [4.78, 5) is 37.3. The Balaban J connectivity index is 2.72. The van der Waals surface area contributed by atoms with Crippen LogP contribution in [0.15, 0.2) is 68.4 Å². The minimum Gasteiger partial charge on any atom is -0.247 e. The molecule has 120 valence electrons. The van der Waals surface area contributed by atoms with E-state index in [0.717, 1.165) is 23.7 Å². The second-order valence-electron chi connectivity index (χ2n) is 4.82. The molecule has 0 aliphatic carbocycles. The van der Waals surface area contributed by atoms with Crippen molar-refractivity contribution < 1.29 is 0 Å². The molecule has 1 aromatic heterocycles. The van der Waals surface area contributed by atoms with Gasteiger partial charge in [0.25, 0.3) is 0 Å². The lowest BCUT2D eigenvalue weighted by Gasteiger charge is -2.12. The molecule has 0 aliphatic rings. The van der Waals surface area contributed by atoms with Crippen LogP contribution in [-0.4, -0.2) is 13.7 Å². The van der Waals surface area contributed by atoms with Crippen molar-refractivity contribution in [1.82, 2.24) is 13.7 Å². The maximum absolute atomic E-state index is 12.5. The number of allylic oxidation sites excluding steroid dienone is 2. The maximum atomic E-state index is 12.5. The SMILES string of the molecule is C=CCn1c(=O)n(CC=C)c(=O)n(Cc2ccccc2Br)c1=O. The Kier molecular flexibility index (Phi) is 5.33. The van der Waals surface area contributed by atoms with Gasteiger partial charge in [-0.15, -0.1) is 13.2 Å². The van der Waals surface area contributed by atoms with Gasteiger partial charge in [-0.25, -0.2) is 28.1 Å². The van der Waals surface area contributed by atoms with Crippen LogP contribution in [0.1, 0.15) is 5.56 Å². The molecule has 0 saturated heterocycles. The Hall–Kier alpha value is -2.41. The van der Waals surface area contributed by atoms with E-state index in [4.69, 9.17) is 0 Å². The van der Waals surface area contributed by atoms with E-state index in [2.05, 4.69) is 29.1 Å². The highest BCUT2D eigenvalue weighted by Gasteiger charge is 2.15. The Labute approximate surface area is 140 Å². The van der Waals surface area contributed by atoms with Crippen molar-refractivity contribution in [2.24, 2.45) is 0 Å². The summed E-state index contributed by atoms with van der Waals surface area (Å²) < 4.78 is 3.78. The number of aromatic nitrogens is 3. The summed E-state index contributed by atoms with van der Waals surface area (Å²) >= 11 is 3.39. The van der Waals surface area contributed by atoms with Crippen LogP contribution in [0, 0.1) is 0 Å². The van der Waals surface area contributed by atoms with Gasteiger partial charge in [0.1, 0.15) is 0 Å². The van der Waals surface area contributed by atoms with E-state index < -0.39 is 17.1 Å². The summed E-state index contributed by atoms with van der Waals surface area (Å²) in [7, 11) is 0. The standard InChI is InChI=1S/C16H16BrN3O3/c1-3-9-18-14(21)19(10-4-2)16(23)20(15(18)22)11-12-7-5-6-8-13(12)17/h3-8H,1-2,9-11H2. The molecule has 1 aromatic carbocycles. The number of rotatable bonds is 6. The van der Waals surface area contributed by atoms with Crippen LogP contribution in [0.2, 0.25) is 0 Å². The van der Waals surface area contributed by atoms with Gasteiger partial charge in [-0.2, -0.15) is 0 Å². The summed E-state index contributed by atoms with van der Waals surface area (Å²) in [5.41, 5.74) is -1.21. The molecular formula is C16H16BrN3O3. The van der Waals surface area contributed by atoms with Crippen molar-refractivity contribution in [2.75, 3.05) is 0 Å². The lowest BCUT2D eigenvalue weighted by Crippen LogP contribution is -2.54. The topological polar surface area (TPSA) is 66.0 Å². The summed E-state index contributed by atoms with van der Waals surface area (Å²) in [5, 5.41) is 0. The van der Waals surface area contributed by atoms with Crippen LogP contribution in [0.4, 0.5) is 0 Å². The quantitative estimate of drug-likeness (QED) is 0.713. The number of benzene rings is 1. The van der Waals surface area contributed by atoms with Crippen molar-refractivity contribution in [3.8, 4) is 0 Å². The molecule has 0 saturated carbocycles. The maximum Gasteiger partial charge on any atom is 0.336 e. The Morgan fingerprint density at radius 3 is 1.83 bits per heavy atom. The predicted octanol–water partition coefficient (Wildman–Crippen LogP) is 1.35. The lowest BCUT2D eigenvalue weighted by molar-refractivity contribution is 0.498. The first-order valence-electron chi connectivity index (χ1n) is 6.91. The van der Waals surface area contributed by atoms with E-state index in [1.165, 1.54) is 12.2 Å². The fourth-order valence-electron chi connectivity index (χ4n) is 2.19. The zero-order valence-corrected chi connectivity index (χ0v) is 14.0. The molecule has 0 atom stereocenters. The van der Waals surface area contributed by atoms with Gasteiger partial charge < -0.3 is 0 Å². The largest absolute Gasteiger partial charge is 0.336 e. The van der Waals surface area contributed by atoms with Crippen molar-refractivity contribution >= 4 is 15.9 Å². The van der Waals surface area contributed by atoms with Crippen molar-refractivity contribution in [2.45, 2.75) is 19.6 Å². The van der Waals surface area contributed by atoms with Gasteiger partial charge >= 0.3 is 17.1 Å². The Morgan fingerprint density at radius 1 is 0.870 bits per heavy atom. The number of nitrogens with zero attached hydrogens (tertiary/aromatic N) is 3. The van der Waals surface area contributed by atoms with Gasteiger partial charge in [0, 0.05) is 4.47 Å². The van der Waals surface area contributed by atoms with Crippen LogP contribution in [-0.2, 0) is 19.6 Å². The van der Waals surface area contributed by atoms with E-state index in [1.807, 2.05) is 18.2 Å². The average Bonchev–Trinajstić information content (AvgIpc) is 2.54. The van der Waals surface area contributed by atoms with E-state index in [9.17, 15) is 14.4 Å². The molecule has 0 radical (unpaired) electrons. The van der Waals surface area contributed by atoms with Crippen LogP contribution < -0.4 is 17.1 Å². The summed E-state index contributed by atoms with van der Waals surface area (Å²) in [5.74, 6) is 0. The van der Waals surface area contributed by atoms with Gasteiger partial charge in [0.2, 0.25) is 0 Å². The summed E-state index contributed by atoms with van der Waals surface area (Å²) in [6.45, 7) is 7.21. The zero-order valence-electron chi connectivity index (χ0n) is 12.4. The molecule has 2 aromatic rings. The van der Waals surface area contributed by atoms with Crippen molar-refractivity contribution in [1.29, 1.82) is 0 Å². The first kappa shape index (κ1) is 17.0. The smallest absolute Gasteiger partial charge is 0.247 e. The average molecular weight is 378 g/mol. The fraction of sp³-hybridized carbons (Fsp3) is 0.188. The second-order valence-corrected chi connectivity index (χ2v) is 5.68. The number of hydrogen-bond donors (Lipinski definition) is 0. The lowest BCUT2D eigenvalue weighted by atomic mass is 10.2. The highest BCUT2D eigenvalue weighted by molar-refractivity contribution is 9.10. The van der Waals surface area contributed by atoms with E-state index in [1.54, 1.807) is 6.07 Å². The minimum atomic E-state index is -0.664. The van der Waals surface area contributed by atoms with Gasteiger partial charge in [0.15, 0.2) is 0 Å². The molecule has 0 fully saturated rings. The zero-order chi connectivity index (χ0) is 17.0. The molecule has 6 nitrogen and oxygen atoms in total. The molecule has 0 aliphatic heterocycles. The van der Waals surface area contributed by atoms with E-state index in [0.29, 0.717) is 0 Å². The Bertz CT molecular complexity index is 873. The number of halogens is 1. The molecule has 7 heteroatoms. The van der Waals surface area contributed by atoms with Crippen molar-refractivity contribution in [3.63, 3.8) is 0 Å². The first-order chi connectivity index (χ1) is 11.0. The second kappa shape index (κ2) is 7.23. The van der Waals surface area contributed by atoms with E-state index in [-0.39, 0.29) is 19.6 Å². The summed E-state index contributed by atoms with van der Waals surface area (Å²) in [6, 6.07) is 7.28. The third kappa shape index (κ3) is 3.34. The highest BCUT2D eigenvalue weighted by atomic mass is 79.9. The third-order valence-electron chi connectivity index (χ3n) is 3.30. The molecule has 1 heterocycles. The highest BCUT2D eigenvalue weighted by Crippen LogP contribution is 2.15. The Morgan fingerprint density at radius 2 is 1.35 bits per heavy atom. The van der Waals surface area contributed by atoms with Gasteiger partial charge in [-0.1, -0.05) is 46.3 Å². The van der Waals surface area contributed by atoms with Crippen LogP contribution in [0.5, 0.6) is 0 Å². The number of hydrogen-bond acceptors (Lipinski definition) is 3. The van der Waals surface area contributed by atoms with Crippen LogP contribution >= 0.6 is 15.9 Å².